The van der Waals surface area contributed by atoms with Crippen molar-refractivity contribution >= 4 is 15.9 Å². The summed E-state index contributed by atoms with van der Waals surface area (Å²) in [5, 5.41) is 13.6. The summed E-state index contributed by atoms with van der Waals surface area (Å²) in [7, 11) is 0. The van der Waals surface area contributed by atoms with Crippen LogP contribution in [0.25, 0.3) is 0 Å². The lowest BCUT2D eigenvalue weighted by Gasteiger charge is -2.28. The van der Waals surface area contributed by atoms with Crippen molar-refractivity contribution in [2.45, 2.75) is 19.4 Å². The van der Waals surface area contributed by atoms with Crippen LogP contribution >= 0.6 is 15.9 Å². The van der Waals surface area contributed by atoms with Gasteiger partial charge >= 0.3 is 0 Å². The van der Waals surface area contributed by atoms with Gasteiger partial charge in [-0.2, -0.15) is 0 Å². The minimum atomic E-state index is 0.336. The topological polar surface area (TPSA) is 35.5 Å². The average molecular weight is 325 g/mol. The van der Waals surface area contributed by atoms with Gasteiger partial charge in [0.05, 0.1) is 0 Å². The Morgan fingerprint density at radius 1 is 1.37 bits per heavy atom. The molecule has 0 bridgehead atoms. The highest BCUT2D eigenvalue weighted by atomic mass is 79.9. The van der Waals surface area contributed by atoms with E-state index >= 15 is 0 Å². The maximum atomic E-state index is 10.1. The predicted octanol–water partition coefficient (Wildman–Crippen LogP) is 2.76. The molecule has 0 radical (unpaired) electrons. The van der Waals surface area contributed by atoms with E-state index in [0.29, 0.717) is 11.8 Å². The highest BCUT2D eigenvalue weighted by Gasteiger charge is 2.39. The van der Waals surface area contributed by atoms with Gasteiger partial charge in [-0.3, -0.25) is 4.90 Å². The summed E-state index contributed by atoms with van der Waals surface area (Å²) in [4.78, 5) is 2.55. The number of rotatable bonds is 3. The summed E-state index contributed by atoms with van der Waals surface area (Å²) in [5.74, 6) is 2.01. The Balaban J connectivity index is 1.83. The maximum absolute atomic E-state index is 10.1. The Morgan fingerprint density at radius 2 is 2.05 bits per heavy atom. The molecule has 0 spiro atoms. The van der Waals surface area contributed by atoms with E-state index in [1.165, 1.54) is 0 Å². The second-order valence-corrected chi connectivity index (χ2v) is 6.68. The van der Waals surface area contributed by atoms with E-state index < -0.39 is 0 Å². The number of hydrogen-bond acceptors (Lipinski definition) is 3. The molecule has 1 aromatic carbocycles. The van der Waals surface area contributed by atoms with Crippen molar-refractivity contribution in [3.63, 3.8) is 0 Å². The molecule has 2 heterocycles. The van der Waals surface area contributed by atoms with Crippen LogP contribution in [0.4, 0.5) is 0 Å². The zero-order valence-electron chi connectivity index (χ0n) is 11.3. The molecule has 2 fully saturated rings. The third kappa shape index (κ3) is 2.54. The number of phenolic OH excluding ortho intramolecular Hbond substituents is 1. The monoisotopic (exact) mass is 324 g/mol. The fraction of sp³-hybridized carbons (Fsp3) is 0.600. The van der Waals surface area contributed by atoms with Crippen LogP contribution in [-0.2, 0) is 0 Å². The first-order valence-electron chi connectivity index (χ1n) is 7.12. The fourth-order valence-electron chi connectivity index (χ4n) is 3.61. The van der Waals surface area contributed by atoms with Crippen molar-refractivity contribution in [2.75, 3.05) is 26.2 Å². The first-order chi connectivity index (χ1) is 9.19. The summed E-state index contributed by atoms with van der Waals surface area (Å²) >= 11 is 3.51. The quantitative estimate of drug-likeness (QED) is 0.897. The Bertz CT molecular complexity index is 453. The SMILES string of the molecule is CCC(c1cc(Br)ccc1O)N1C[C@H]2CNC[C@H]2C1. The second-order valence-electron chi connectivity index (χ2n) is 5.76. The highest BCUT2D eigenvalue weighted by molar-refractivity contribution is 9.10. The largest absolute Gasteiger partial charge is 0.508 e. The summed E-state index contributed by atoms with van der Waals surface area (Å²) in [5.41, 5.74) is 1.06. The molecule has 2 aliphatic heterocycles. The summed E-state index contributed by atoms with van der Waals surface area (Å²) in [6, 6.07) is 6.09. The van der Waals surface area contributed by atoms with Gasteiger partial charge in [0.2, 0.25) is 0 Å². The molecular weight excluding hydrogens is 304 g/mol. The number of nitrogens with zero attached hydrogens (tertiary/aromatic N) is 1. The summed E-state index contributed by atoms with van der Waals surface area (Å²) in [6.45, 7) is 6.83. The lowest BCUT2D eigenvalue weighted by Crippen LogP contribution is -2.29. The molecule has 19 heavy (non-hydrogen) atoms. The van der Waals surface area contributed by atoms with Crippen LogP contribution in [-0.4, -0.2) is 36.2 Å². The van der Waals surface area contributed by atoms with Crippen molar-refractivity contribution in [1.29, 1.82) is 0 Å². The molecule has 3 atom stereocenters. The Kier molecular flexibility index (Phi) is 3.83. The van der Waals surface area contributed by atoms with E-state index in [0.717, 1.165) is 54.5 Å². The Morgan fingerprint density at radius 3 is 2.68 bits per heavy atom. The molecule has 2 N–H and O–H groups in total. The van der Waals surface area contributed by atoms with Crippen molar-refractivity contribution in [3.8, 4) is 5.75 Å². The van der Waals surface area contributed by atoms with E-state index in [9.17, 15) is 5.11 Å². The second kappa shape index (κ2) is 5.43. The third-order valence-electron chi connectivity index (χ3n) is 4.59. The van der Waals surface area contributed by atoms with E-state index in [1.54, 1.807) is 6.07 Å². The number of nitrogens with one attached hydrogen (secondary N) is 1. The Labute approximate surface area is 123 Å². The lowest BCUT2D eigenvalue weighted by molar-refractivity contribution is 0.218. The van der Waals surface area contributed by atoms with Crippen molar-refractivity contribution in [2.24, 2.45) is 11.8 Å². The summed E-state index contributed by atoms with van der Waals surface area (Å²) < 4.78 is 1.04. The van der Waals surface area contributed by atoms with Crippen LogP contribution in [0.1, 0.15) is 24.9 Å². The standard InChI is InChI=1S/C15H21BrN2O/c1-2-14(13-5-12(16)3-4-15(13)19)18-8-10-6-17-7-11(10)9-18/h3-5,10-11,14,17,19H,2,6-9H2,1H3/t10-,11+,14?. The number of aromatic hydroxyl groups is 1. The minimum absolute atomic E-state index is 0.336. The minimum Gasteiger partial charge on any atom is -0.508 e. The number of fused-ring (bicyclic) bond motifs is 1. The molecule has 1 unspecified atom stereocenters. The van der Waals surface area contributed by atoms with Gasteiger partial charge in [0.25, 0.3) is 0 Å². The average Bonchev–Trinajstić information content (AvgIpc) is 2.95. The number of halogens is 1. The first-order valence-corrected chi connectivity index (χ1v) is 7.91. The number of hydrogen-bond donors (Lipinski definition) is 2. The van der Waals surface area contributed by atoms with Crippen LogP contribution in [0, 0.1) is 11.8 Å². The van der Waals surface area contributed by atoms with Crippen LogP contribution in [0.15, 0.2) is 22.7 Å². The first kappa shape index (κ1) is 13.4. The lowest BCUT2D eigenvalue weighted by atomic mass is 10.0. The molecule has 0 saturated carbocycles. The molecule has 0 aromatic heterocycles. The van der Waals surface area contributed by atoms with Gasteiger partial charge in [0.1, 0.15) is 5.75 Å². The molecule has 0 amide bonds. The van der Waals surface area contributed by atoms with E-state index in [1.807, 2.05) is 6.07 Å². The van der Waals surface area contributed by atoms with Gasteiger partial charge in [-0.1, -0.05) is 22.9 Å². The van der Waals surface area contributed by atoms with Crippen molar-refractivity contribution in [3.05, 3.63) is 28.2 Å². The van der Waals surface area contributed by atoms with Crippen LogP contribution in [0.5, 0.6) is 5.75 Å². The van der Waals surface area contributed by atoms with Crippen LogP contribution in [0.3, 0.4) is 0 Å². The van der Waals surface area contributed by atoms with Gasteiger partial charge in [-0.15, -0.1) is 0 Å². The summed E-state index contributed by atoms with van der Waals surface area (Å²) in [6.07, 6.45) is 1.04. The predicted molar refractivity (Wildman–Crippen MR) is 80.3 cm³/mol. The van der Waals surface area contributed by atoms with Gasteiger partial charge < -0.3 is 10.4 Å². The Hall–Kier alpha value is -0.580. The molecule has 2 aliphatic rings. The third-order valence-corrected chi connectivity index (χ3v) is 5.09. The smallest absolute Gasteiger partial charge is 0.120 e. The van der Waals surface area contributed by atoms with E-state index in [2.05, 4.69) is 39.1 Å². The molecule has 1 aromatic rings. The molecular formula is C15H21BrN2O. The van der Waals surface area contributed by atoms with Crippen molar-refractivity contribution in [1.82, 2.24) is 10.2 Å². The van der Waals surface area contributed by atoms with Gasteiger partial charge in [-0.25, -0.2) is 0 Å². The molecule has 0 aliphatic carbocycles. The number of likely N-dealkylation sites (tertiary alicyclic amines) is 1. The highest BCUT2D eigenvalue weighted by Crippen LogP contribution is 2.38. The van der Waals surface area contributed by atoms with Crippen LogP contribution in [0.2, 0.25) is 0 Å². The fourth-order valence-corrected chi connectivity index (χ4v) is 3.99. The zero-order valence-corrected chi connectivity index (χ0v) is 12.9. The molecule has 104 valence electrons. The number of phenols is 1. The molecule has 3 rings (SSSR count). The van der Waals surface area contributed by atoms with Gasteiger partial charge in [0, 0.05) is 29.2 Å². The van der Waals surface area contributed by atoms with E-state index in [-0.39, 0.29) is 0 Å². The van der Waals surface area contributed by atoms with Gasteiger partial charge in [-0.05, 0) is 49.5 Å². The van der Waals surface area contributed by atoms with Gasteiger partial charge in [0.15, 0.2) is 0 Å². The van der Waals surface area contributed by atoms with E-state index in [4.69, 9.17) is 0 Å². The zero-order chi connectivity index (χ0) is 13.4. The maximum Gasteiger partial charge on any atom is 0.120 e. The molecule has 4 heteroatoms. The normalized spacial score (nSPS) is 28.5. The van der Waals surface area contributed by atoms with Crippen molar-refractivity contribution < 1.29 is 5.11 Å². The van der Waals surface area contributed by atoms with Crippen LogP contribution < -0.4 is 5.32 Å². The number of benzene rings is 1. The molecule has 3 nitrogen and oxygen atoms in total. The molecule has 2 saturated heterocycles.